The van der Waals surface area contributed by atoms with Gasteiger partial charge in [-0.15, -0.1) is 0 Å². The highest BCUT2D eigenvalue weighted by atomic mass is 16.7. The van der Waals surface area contributed by atoms with Crippen LogP contribution in [0, 0.1) is 5.92 Å². The number of ether oxygens (including phenoxy) is 4. The minimum absolute atomic E-state index is 0.0493. The second-order valence-corrected chi connectivity index (χ2v) is 9.69. The number of rotatable bonds is 9. The van der Waals surface area contributed by atoms with Crippen LogP contribution in [0.25, 0.3) is 0 Å². The summed E-state index contributed by atoms with van der Waals surface area (Å²) in [6.07, 6.45) is 2.69. The molecular formula is C29H36N2O6. The summed E-state index contributed by atoms with van der Waals surface area (Å²) in [5.41, 5.74) is 2.29. The highest BCUT2D eigenvalue weighted by Crippen LogP contribution is 2.43. The van der Waals surface area contributed by atoms with Gasteiger partial charge in [0.05, 0.1) is 0 Å². The first kappa shape index (κ1) is 25.6. The Morgan fingerprint density at radius 1 is 1.05 bits per heavy atom. The number of aliphatic hydroxyl groups excluding tert-OH is 1. The van der Waals surface area contributed by atoms with E-state index in [9.17, 15) is 9.90 Å². The van der Waals surface area contributed by atoms with E-state index in [-0.39, 0.29) is 31.1 Å². The van der Waals surface area contributed by atoms with E-state index in [1.165, 1.54) is 5.56 Å². The molecule has 0 radical (unpaired) electrons. The number of hydrogen-bond donors (Lipinski definition) is 1. The molecule has 2 aromatic rings. The largest absolute Gasteiger partial charge is 0.459 e. The first-order chi connectivity index (χ1) is 18.2. The lowest BCUT2D eigenvalue weighted by molar-refractivity contribution is -0.171. The first-order valence-electron chi connectivity index (χ1n) is 13.2. The summed E-state index contributed by atoms with van der Waals surface area (Å²) >= 11 is 0. The van der Waals surface area contributed by atoms with E-state index in [4.69, 9.17) is 18.9 Å². The van der Waals surface area contributed by atoms with Crippen LogP contribution >= 0.6 is 0 Å². The standard InChI is InChI=1S/C29H36N2O6/c1-2-34-29-23(9-6-16-32)24(22-10-11-25-26(17-22)36-20-35-25)18-27(37-29)28(33)31-14-12-30(13-15-31)19-21-7-4-3-5-8-21/h3-5,7-8,10-11,17-18,23-24,29,32H,2,6,9,12-16,19-20H2,1H3/t23-,24+,29+/m1/s1. The van der Waals surface area contributed by atoms with Crippen molar-refractivity contribution in [2.24, 2.45) is 5.92 Å². The van der Waals surface area contributed by atoms with E-state index < -0.39 is 6.29 Å². The van der Waals surface area contributed by atoms with Crippen LogP contribution in [-0.4, -0.2) is 73.3 Å². The van der Waals surface area contributed by atoms with E-state index >= 15 is 0 Å². The molecule has 0 aromatic heterocycles. The minimum atomic E-state index is -0.574. The van der Waals surface area contributed by atoms with E-state index in [0.29, 0.717) is 44.0 Å². The third-order valence-electron chi connectivity index (χ3n) is 7.31. The zero-order valence-electron chi connectivity index (χ0n) is 21.4. The molecule has 2 aromatic carbocycles. The van der Waals surface area contributed by atoms with Crippen LogP contribution in [0.4, 0.5) is 0 Å². The Hall–Kier alpha value is -3.07. The molecule has 3 aliphatic rings. The fourth-order valence-electron chi connectivity index (χ4n) is 5.36. The summed E-state index contributed by atoms with van der Waals surface area (Å²) in [5.74, 6) is 1.48. The molecule has 3 aliphatic heterocycles. The summed E-state index contributed by atoms with van der Waals surface area (Å²) in [7, 11) is 0. The van der Waals surface area contributed by atoms with Gasteiger partial charge in [-0.25, -0.2) is 0 Å². The van der Waals surface area contributed by atoms with Gasteiger partial charge in [0.2, 0.25) is 13.1 Å². The van der Waals surface area contributed by atoms with Gasteiger partial charge in [-0.05, 0) is 49.1 Å². The van der Waals surface area contributed by atoms with Gasteiger partial charge < -0.3 is 29.0 Å². The number of amides is 1. The number of fused-ring (bicyclic) bond motifs is 1. The van der Waals surface area contributed by atoms with Gasteiger partial charge in [-0.2, -0.15) is 0 Å². The van der Waals surface area contributed by atoms with Crippen LogP contribution in [0.2, 0.25) is 0 Å². The molecule has 1 N–H and O–H groups in total. The molecule has 0 saturated carbocycles. The second kappa shape index (κ2) is 12.0. The predicted molar refractivity (Wildman–Crippen MR) is 138 cm³/mol. The van der Waals surface area contributed by atoms with Crippen molar-refractivity contribution >= 4 is 5.91 Å². The third-order valence-corrected chi connectivity index (χ3v) is 7.31. The SMILES string of the molecule is CCO[C@H]1OC(C(=O)N2CCN(Cc3ccccc3)CC2)=C[C@@H](c2ccc3c(c2)OCO3)[C@H]1CCCO. The smallest absolute Gasteiger partial charge is 0.288 e. The lowest BCUT2D eigenvalue weighted by Crippen LogP contribution is -2.49. The van der Waals surface area contributed by atoms with Crippen LogP contribution in [-0.2, 0) is 20.8 Å². The van der Waals surface area contributed by atoms with E-state index in [1.807, 2.05) is 42.2 Å². The molecule has 5 rings (SSSR count). The maximum Gasteiger partial charge on any atom is 0.288 e. The van der Waals surface area contributed by atoms with Gasteiger partial charge in [-0.3, -0.25) is 9.69 Å². The molecule has 1 saturated heterocycles. The molecule has 8 heteroatoms. The van der Waals surface area contributed by atoms with Gasteiger partial charge in [0.25, 0.3) is 5.91 Å². The van der Waals surface area contributed by atoms with Crippen LogP contribution in [0.3, 0.4) is 0 Å². The number of hydrogen-bond acceptors (Lipinski definition) is 7. The number of allylic oxidation sites excluding steroid dienone is 1. The molecule has 0 unspecified atom stereocenters. The Labute approximate surface area is 218 Å². The molecule has 0 aliphatic carbocycles. The maximum absolute atomic E-state index is 13.6. The first-order valence-corrected chi connectivity index (χ1v) is 13.2. The van der Waals surface area contributed by atoms with Gasteiger partial charge in [0.1, 0.15) is 0 Å². The molecule has 3 heterocycles. The summed E-state index contributed by atoms with van der Waals surface area (Å²) in [6.45, 7) is 6.49. The van der Waals surface area contributed by atoms with Crippen LogP contribution < -0.4 is 9.47 Å². The number of carbonyl (C=O) groups is 1. The Morgan fingerprint density at radius 2 is 1.84 bits per heavy atom. The number of carbonyl (C=O) groups excluding carboxylic acids is 1. The minimum Gasteiger partial charge on any atom is -0.459 e. The molecule has 1 amide bonds. The van der Waals surface area contributed by atoms with Crippen molar-refractivity contribution in [2.75, 3.05) is 46.2 Å². The summed E-state index contributed by atoms with van der Waals surface area (Å²) in [6, 6.07) is 16.3. The van der Waals surface area contributed by atoms with Crippen molar-refractivity contribution in [3.8, 4) is 11.5 Å². The van der Waals surface area contributed by atoms with Crippen LogP contribution in [0.1, 0.15) is 36.8 Å². The molecule has 0 bridgehead atoms. The van der Waals surface area contributed by atoms with Gasteiger partial charge in [0.15, 0.2) is 17.3 Å². The lowest BCUT2D eigenvalue weighted by atomic mass is 9.80. The maximum atomic E-state index is 13.6. The zero-order valence-corrected chi connectivity index (χ0v) is 21.4. The quantitative estimate of drug-likeness (QED) is 0.555. The molecule has 0 spiro atoms. The number of nitrogens with zero attached hydrogens (tertiary/aromatic N) is 2. The molecule has 1 fully saturated rings. The lowest BCUT2D eigenvalue weighted by Gasteiger charge is -2.39. The number of aliphatic hydroxyl groups is 1. The highest BCUT2D eigenvalue weighted by Gasteiger charge is 2.39. The predicted octanol–water partition coefficient (Wildman–Crippen LogP) is 3.51. The van der Waals surface area contributed by atoms with E-state index in [1.54, 1.807) is 0 Å². The Balaban J connectivity index is 1.34. The summed E-state index contributed by atoms with van der Waals surface area (Å²) in [4.78, 5) is 17.9. The highest BCUT2D eigenvalue weighted by molar-refractivity contribution is 5.92. The topological polar surface area (TPSA) is 80.7 Å². The molecule has 3 atom stereocenters. The molecular weight excluding hydrogens is 472 g/mol. The second-order valence-electron chi connectivity index (χ2n) is 9.69. The van der Waals surface area contributed by atoms with Crippen molar-refractivity contribution in [3.63, 3.8) is 0 Å². The Kier molecular flexibility index (Phi) is 8.28. The van der Waals surface area contributed by atoms with Gasteiger partial charge >= 0.3 is 0 Å². The van der Waals surface area contributed by atoms with Crippen LogP contribution in [0.5, 0.6) is 11.5 Å². The Bertz CT molecular complexity index is 1080. The summed E-state index contributed by atoms with van der Waals surface area (Å²) in [5, 5.41) is 9.52. The average Bonchev–Trinajstić information content (AvgIpc) is 3.41. The third kappa shape index (κ3) is 5.92. The van der Waals surface area contributed by atoms with Crippen molar-refractivity contribution in [3.05, 3.63) is 71.5 Å². The number of benzene rings is 2. The average molecular weight is 509 g/mol. The van der Waals surface area contributed by atoms with E-state index in [2.05, 4.69) is 29.2 Å². The van der Waals surface area contributed by atoms with Crippen molar-refractivity contribution in [1.29, 1.82) is 0 Å². The van der Waals surface area contributed by atoms with Crippen molar-refractivity contribution < 1.29 is 28.8 Å². The summed E-state index contributed by atoms with van der Waals surface area (Å²) < 4.78 is 23.3. The van der Waals surface area contributed by atoms with Gasteiger partial charge in [-0.1, -0.05) is 36.4 Å². The number of piperazine rings is 1. The monoisotopic (exact) mass is 508 g/mol. The van der Waals surface area contributed by atoms with Crippen molar-refractivity contribution in [2.45, 2.75) is 38.5 Å². The molecule has 8 nitrogen and oxygen atoms in total. The fourth-order valence-corrected chi connectivity index (χ4v) is 5.36. The van der Waals surface area contributed by atoms with Crippen molar-refractivity contribution in [1.82, 2.24) is 9.80 Å². The Morgan fingerprint density at radius 3 is 2.59 bits per heavy atom. The normalized spacial score (nSPS) is 23.5. The van der Waals surface area contributed by atoms with Gasteiger partial charge in [0, 0.05) is 57.8 Å². The molecule has 37 heavy (non-hydrogen) atoms. The molecule has 198 valence electrons. The van der Waals surface area contributed by atoms with E-state index in [0.717, 1.165) is 30.9 Å². The zero-order chi connectivity index (χ0) is 25.6. The fraction of sp³-hybridized carbons (Fsp3) is 0.483. The van der Waals surface area contributed by atoms with Crippen LogP contribution in [0.15, 0.2) is 60.4 Å².